The zero-order chi connectivity index (χ0) is 11.7. The molecule has 0 bridgehead atoms. The molecule has 0 saturated carbocycles. The Morgan fingerprint density at radius 2 is 2.19 bits per heavy atom. The van der Waals surface area contributed by atoms with Gasteiger partial charge in [-0.15, -0.1) is 5.10 Å². The molecule has 0 saturated heterocycles. The number of anilines is 2. The third-order valence-corrected chi connectivity index (χ3v) is 2.74. The zero-order valence-corrected chi connectivity index (χ0v) is 9.15. The van der Waals surface area contributed by atoms with Crippen molar-refractivity contribution in [2.24, 2.45) is 7.05 Å². The Balaban J connectivity index is 2.34. The minimum atomic E-state index is -0.294. The third-order valence-electron chi connectivity index (χ3n) is 1.77. The maximum absolute atomic E-state index is 11.1. The van der Waals surface area contributed by atoms with Gasteiger partial charge in [0.1, 0.15) is 10.8 Å². The fourth-order valence-electron chi connectivity index (χ4n) is 1.03. The molecule has 9 heteroatoms. The second kappa shape index (κ2) is 3.85. The quantitative estimate of drug-likeness (QED) is 0.586. The summed E-state index contributed by atoms with van der Waals surface area (Å²) in [5.74, 6) is 0.360. The van der Waals surface area contributed by atoms with E-state index >= 15 is 0 Å². The van der Waals surface area contributed by atoms with E-state index < -0.39 is 0 Å². The van der Waals surface area contributed by atoms with Gasteiger partial charge in [0.2, 0.25) is 5.95 Å². The van der Waals surface area contributed by atoms with Crippen molar-refractivity contribution in [3.8, 4) is 0 Å². The first-order valence-corrected chi connectivity index (χ1v) is 5.07. The minimum absolute atomic E-state index is 0.0861. The van der Waals surface area contributed by atoms with E-state index in [1.165, 1.54) is 16.3 Å². The Bertz CT molecular complexity index is 554. The molecule has 0 aliphatic heterocycles. The lowest BCUT2D eigenvalue weighted by atomic mass is 10.6. The Morgan fingerprint density at radius 1 is 1.44 bits per heavy atom. The average Bonchev–Trinajstić information content (AvgIpc) is 2.48. The summed E-state index contributed by atoms with van der Waals surface area (Å²) >= 11 is 1.17. The van der Waals surface area contributed by atoms with Gasteiger partial charge in [-0.1, -0.05) is 0 Å². The number of nitrogens with two attached hydrogens (primary N) is 2. The van der Waals surface area contributed by atoms with E-state index in [-0.39, 0.29) is 17.5 Å². The number of hydrogen-bond acceptors (Lipinski definition) is 7. The number of hydrogen-bond donors (Lipinski definition) is 3. The highest BCUT2D eigenvalue weighted by atomic mass is 32.2. The van der Waals surface area contributed by atoms with E-state index in [2.05, 4.69) is 20.2 Å². The Kier molecular flexibility index (Phi) is 2.52. The smallest absolute Gasteiger partial charge is 0.343 e. The lowest BCUT2D eigenvalue weighted by Gasteiger charge is -2.01. The highest BCUT2D eigenvalue weighted by Gasteiger charge is 2.08. The van der Waals surface area contributed by atoms with Gasteiger partial charge in [0.05, 0.1) is 0 Å². The number of aromatic amines is 1. The molecular weight excluding hydrogens is 230 g/mol. The second-order valence-electron chi connectivity index (χ2n) is 2.96. The van der Waals surface area contributed by atoms with Crippen molar-refractivity contribution in [3.05, 3.63) is 16.6 Å². The van der Waals surface area contributed by atoms with Crippen LogP contribution in [0.25, 0.3) is 0 Å². The van der Waals surface area contributed by atoms with Crippen LogP contribution in [0.3, 0.4) is 0 Å². The average molecular weight is 239 g/mol. The van der Waals surface area contributed by atoms with Crippen LogP contribution in [0, 0.1) is 0 Å². The summed E-state index contributed by atoms with van der Waals surface area (Å²) in [6.07, 6.45) is 0. The lowest BCUT2D eigenvalue weighted by molar-refractivity contribution is 0.764. The molecule has 0 atom stereocenters. The van der Waals surface area contributed by atoms with Gasteiger partial charge in [-0.05, 0) is 11.8 Å². The number of nitrogens with one attached hydrogen (secondary N) is 1. The van der Waals surface area contributed by atoms with Gasteiger partial charge in [-0.25, -0.2) is 14.9 Å². The van der Waals surface area contributed by atoms with Gasteiger partial charge in [0.25, 0.3) is 0 Å². The summed E-state index contributed by atoms with van der Waals surface area (Å²) in [5, 5.41) is 7.14. The summed E-state index contributed by atoms with van der Waals surface area (Å²) in [5.41, 5.74) is 10.7. The second-order valence-corrected chi connectivity index (χ2v) is 3.95. The molecule has 2 aromatic rings. The van der Waals surface area contributed by atoms with E-state index in [0.29, 0.717) is 10.2 Å². The molecule has 0 spiro atoms. The molecule has 0 amide bonds. The summed E-state index contributed by atoms with van der Waals surface area (Å²) in [6.45, 7) is 0. The van der Waals surface area contributed by atoms with Gasteiger partial charge in [0.15, 0.2) is 5.16 Å². The van der Waals surface area contributed by atoms with Crippen molar-refractivity contribution in [1.29, 1.82) is 0 Å². The van der Waals surface area contributed by atoms with Crippen LogP contribution in [-0.4, -0.2) is 24.7 Å². The van der Waals surface area contributed by atoms with Crippen LogP contribution in [0.4, 0.5) is 11.8 Å². The van der Waals surface area contributed by atoms with Gasteiger partial charge in [-0.2, -0.15) is 4.98 Å². The van der Waals surface area contributed by atoms with Crippen LogP contribution in [0.2, 0.25) is 0 Å². The Morgan fingerprint density at radius 3 is 2.75 bits per heavy atom. The highest BCUT2D eigenvalue weighted by molar-refractivity contribution is 7.99. The van der Waals surface area contributed by atoms with E-state index in [0.717, 1.165) is 0 Å². The van der Waals surface area contributed by atoms with Gasteiger partial charge in [0, 0.05) is 13.1 Å². The van der Waals surface area contributed by atoms with E-state index in [4.69, 9.17) is 11.5 Å². The number of nitrogen functional groups attached to an aromatic ring is 2. The van der Waals surface area contributed by atoms with Crippen LogP contribution >= 0.6 is 11.8 Å². The molecule has 0 aliphatic carbocycles. The van der Waals surface area contributed by atoms with Gasteiger partial charge < -0.3 is 11.5 Å². The van der Waals surface area contributed by atoms with Crippen molar-refractivity contribution < 1.29 is 0 Å². The highest BCUT2D eigenvalue weighted by Crippen LogP contribution is 2.23. The van der Waals surface area contributed by atoms with Gasteiger partial charge in [-0.3, -0.25) is 4.57 Å². The van der Waals surface area contributed by atoms with Crippen LogP contribution in [0.5, 0.6) is 0 Å². The topological polar surface area (TPSA) is 128 Å². The predicted octanol–water partition coefficient (Wildman–Crippen LogP) is -0.786. The molecule has 2 aromatic heterocycles. The van der Waals surface area contributed by atoms with Crippen LogP contribution < -0.4 is 17.2 Å². The van der Waals surface area contributed by atoms with Crippen molar-refractivity contribution >= 4 is 23.5 Å². The molecule has 2 heterocycles. The number of rotatable bonds is 2. The number of aromatic nitrogens is 5. The standard InChI is InChI=1S/C7H9N7OS/c1-14-6(15)12-13-7(14)16-4-2-3(8)10-5(9)11-4/h2H,1H3,(H,12,15)(H4,8,9,10,11). The summed E-state index contributed by atoms with van der Waals surface area (Å²) < 4.78 is 1.36. The maximum Gasteiger partial charge on any atom is 0.343 e. The molecule has 0 fully saturated rings. The normalized spacial score (nSPS) is 10.6. The van der Waals surface area contributed by atoms with E-state index in [9.17, 15) is 4.79 Å². The summed E-state index contributed by atoms with van der Waals surface area (Å²) in [4.78, 5) is 18.8. The summed E-state index contributed by atoms with van der Waals surface area (Å²) in [6, 6.07) is 1.56. The first-order valence-electron chi connectivity index (χ1n) is 4.25. The van der Waals surface area contributed by atoms with Crippen LogP contribution in [0.1, 0.15) is 0 Å². The molecule has 2 rings (SSSR count). The first-order chi connectivity index (χ1) is 7.56. The molecule has 84 valence electrons. The molecule has 0 radical (unpaired) electrons. The monoisotopic (exact) mass is 239 g/mol. The van der Waals surface area contributed by atoms with Gasteiger partial charge >= 0.3 is 5.69 Å². The number of H-pyrrole nitrogens is 1. The lowest BCUT2D eigenvalue weighted by Crippen LogP contribution is -2.12. The van der Waals surface area contributed by atoms with Crippen molar-refractivity contribution in [2.75, 3.05) is 11.5 Å². The predicted molar refractivity (Wildman–Crippen MR) is 58.8 cm³/mol. The first kappa shape index (κ1) is 10.5. The minimum Gasteiger partial charge on any atom is -0.383 e. The van der Waals surface area contributed by atoms with Crippen LogP contribution in [-0.2, 0) is 7.05 Å². The Hall–Kier alpha value is -2.03. The Labute approximate surface area is 94.1 Å². The fraction of sp³-hybridized carbons (Fsp3) is 0.143. The summed E-state index contributed by atoms with van der Waals surface area (Å²) in [7, 11) is 1.60. The number of nitrogens with zero attached hydrogens (tertiary/aromatic N) is 4. The molecule has 8 nitrogen and oxygen atoms in total. The van der Waals surface area contributed by atoms with E-state index in [1.54, 1.807) is 13.1 Å². The van der Waals surface area contributed by atoms with Crippen molar-refractivity contribution in [1.82, 2.24) is 24.7 Å². The zero-order valence-electron chi connectivity index (χ0n) is 8.34. The SMILES string of the molecule is Cn1c(Sc2cc(N)nc(N)n2)n[nH]c1=O. The van der Waals surface area contributed by atoms with Crippen LogP contribution in [0.15, 0.2) is 21.0 Å². The largest absolute Gasteiger partial charge is 0.383 e. The van der Waals surface area contributed by atoms with E-state index in [1.807, 2.05) is 0 Å². The molecule has 0 aliphatic rings. The molecule has 5 N–H and O–H groups in total. The third kappa shape index (κ3) is 1.98. The fourth-order valence-corrected chi connectivity index (χ4v) is 1.85. The maximum atomic E-state index is 11.1. The van der Waals surface area contributed by atoms with Crippen molar-refractivity contribution in [2.45, 2.75) is 10.2 Å². The molecular formula is C7H9N7OS. The molecule has 16 heavy (non-hydrogen) atoms. The van der Waals surface area contributed by atoms with Crippen molar-refractivity contribution in [3.63, 3.8) is 0 Å². The molecule has 0 aromatic carbocycles. The molecule has 0 unspecified atom stereocenters.